The third-order valence-electron chi connectivity index (χ3n) is 5.02. The number of anilines is 1. The normalized spacial score (nSPS) is 21.9. The highest BCUT2D eigenvalue weighted by Gasteiger charge is 2.51. The lowest BCUT2D eigenvalue weighted by molar-refractivity contribution is -0.129. The van der Waals surface area contributed by atoms with Crippen molar-refractivity contribution in [2.24, 2.45) is 0 Å². The molecular formula is C19H17ClN2O2. The number of halogens is 1. The Balaban J connectivity index is 1.53. The van der Waals surface area contributed by atoms with E-state index in [1.165, 1.54) is 0 Å². The Labute approximate surface area is 145 Å². The molecule has 2 aliphatic rings. The second-order valence-corrected chi connectivity index (χ2v) is 6.89. The molecule has 4 nitrogen and oxygen atoms in total. The number of benzene rings is 2. The number of nitrogens with zero attached hydrogens (tertiary/aromatic N) is 1. The van der Waals surface area contributed by atoms with Crippen molar-refractivity contribution in [3.63, 3.8) is 0 Å². The summed E-state index contributed by atoms with van der Waals surface area (Å²) in [5.41, 5.74) is 2.22. The number of amides is 2. The molecule has 1 saturated heterocycles. The van der Waals surface area contributed by atoms with Crippen LogP contribution in [0.5, 0.6) is 0 Å². The van der Waals surface area contributed by atoms with E-state index in [4.69, 9.17) is 11.6 Å². The molecule has 4 rings (SSSR count). The summed E-state index contributed by atoms with van der Waals surface area (Å²) in [6.07, 6.45) is 0.999. The Morgan fingerprint density at radius 1 is 1.17 bits per heavy atom. The highest BCUT2D eigenvalue weighted by Crippen LogP contribution is 2.44. The molecule has 1 atom stereocenters. The largest absolute Gasteiger partial charge is 0.341 e. The van der Waals surface area contributed by atoms with Crippen molar-refractivity contribution in [2.75, 3.05) is 18.4 Å². The maximum Gasteiger partial charge on any atom is 0.236 e. The van der Waals surface area contributed by atoms with Crippen LogP contribution in [0.15, 0.2) is 48.5 Å². The molecule has 5 heteroatoms. The van der Waals surface area contributed by atoms with E-state index in [1.807, 2.05) is 36.4 Å². The van der Waals surface area contributed by atoms with Crippen LogP contribution < -0.4 is 5.32 Å². The van der Waals surface area contributed by atoms with Crippen molar-refractivity contribution in [3.05, 3.63) is 64.7 Å². The van der Waals surface area contributed by atoms with Crippen LogP contribution in [0.3, 0.4) is 0 Å². The molecule has 0 radical (unpaired) electrons. The lowest BCUT2D eigenvalue weighted by Crippen LogP contribution is -2.39. The van der Waals surface area contributed by atoms with Gasteiger partial charge in [0.05, 0.1) is 11.8 Å². The van der Waals surface area contributed by atoms with Gasteiger partial charge < -0.3 is 10.2 Å². The van der Waals surface area contributed by atoms with Crippen LogP contribution in [0, 0.1) is 0 Å². The number of rotatable bonds is 2. The van der Waals surface area contributed by atoms with Crippen molar-refractivity contribution >= 4 is 29.1 Å². The van der Waals surface area contributed by atoms with E-state index >= 15 is 0 Å². The summed E-state index contributed by atoms with van der Waals surface area (Å²) < 4.78 is 0. The van der Waals surface area contributed by atoms with Gasteiger partial charge >= 0.3 is 0 Å². The van der Waals surface area contributed by atoms with Gasteiger partial charge in [-0.1, -0.05) is 41.9 Å². The predicted octanol–water partition coefficient (Wildman–Crippen LogP) is 3.00. The molecule has 122 valence electrons. The van der Waals surface area contributed by atoms with Crippen LogP contribution >= 0.6 is 11.6 Å². The summed E-state index contributed by atoms with van der Waals surface area (Å²) in [6, 6.07) is 15.1. The van der Waals surface area contributed by atoms with E-state index < -0.39 is 5.41 Å². The standard InChI is InChI=1S/C19H17ClN2O2/c20-14-7-5-13(6-8-14)11-17(23)22-10-9-19(12-22)15-3-1-2-4-16(15)21-18(19)24/h1-8H,9-12H2,(H,21,24). The Bertz CT molecular complexity index is 818. The van der Waals surface area contributed by atoms with Crippen LogP contribution in [0.25, 0.3) is 0 Å². The van der Waals surface area contributed by atoms with Crippen LogP contribution in [-0.2, 0) is 21.4 Å². The van der Waals surface area contributed by atoms with Crippen LogP contribution in [0.4, 0.5) is 5.69 Å². The molecule has 0 aromatic heterocycles. The zero-order chi connectivity index (χ0) is 16.7. The maximum atomic E-state index is 12.6. The molecule has 1 fully saturated rings. The number of likely N-dealkylation sites (tertiary alicyclic amines) is 1. The molecule has 0 bridgehead atoms. The van der Waals surface area contributed by atoms with E-state index in [-0.39, 0.29) is 11.8 Å². The zero-order valence-corrected chi connectivity index (χ0v) is 13.8. The minimum absolute atomic E-state index is 0.00509. The van der Waals surface area contributed by atoms with E-state index in [2.05, 4.69) is 5.32 Å². The highest BCUT2D eigenvalue weighted by molar-refractivity contribution is 6.30. The first kappa shape index (κ1) is 15.2. The van der Waals surface area contributed by atoms with Gasteiger partial charge in [0.15, 0.2) is 0 Å². The Morgan fingerprint density at radius 3 is 2.71 bits per heavy atom. The summed E-state index contributed by atoms with van der Waals surface area (Å²) in [5.74, 6) is 0.0527. The molecule has 2 amide bonds. The van der Waals surface area contributed by atoms with Crippen molar-refractivity contribution in [1.29, 1.82) is 0 Å². The number of hydrogen-bond donors (Lipinski definition) is 1. The first-order valence-electron chi connectivity index (χ1n) is 8.02. The average Bonchev–Trinajstić information content (AvgIpc) is 3.14. The molecule has 1 spiro atoms. The summed E-state index contributed by atoms with van der Waals surface area (Å²) in [6.45, 7) is 1.05. The van der Waals surface area contributed by atoms with Gasteiger partial charge in [-0.05, 0) is 35.7 Å². The van der Waals surface area contributed by atoms with E-state index in [0.717, 1.165) is 16.8 Å². The Kier molecular flexibility index (Phi) is 3.57. The van der Waals surface area contributed by atoms with Crippen molar-refractivity contribution < 1.29 is 9.59 Å². The SMILES string of the molecule is O=C(Cc1ccc(Cl)cc1)N1CCC2(C1)C(=O)Nc1ccccc12. The molecule has 0 saturated carbocycles. The fraction of sp³-hybridized carbons (Fsp3) is 0.263. The number of hydrogen-bond acceptors (Lipinski definition) is 2. The zero-order valence-electron chi connectivity index (χ0n) is 13.1. The van der Waals surface area contributed by atoms with Gasteiger partial charge in [0.25, 0.3) is 0 Å². The molecule has 24 heavy (non-hydrogen) atoms. The number of fused-ring (bicyclic) bond motifs is 2. The second-order valence-electron chi connectivity index (χ2n) is 6.45. The van der Waals surface area contributed by atoms with Gasteiger partial charge in [0.2, 0.25) is 11.8 Å². The molecule has 1 N–H and O–H groups in total. The molecule has 2 aromatic carbocycles. The summed E-state index contributed by atoms with van der Waals surface area (Å²) in [5, 5.41) is 3.61. The van der Waals surface area contributed by atoms with Gasteiger partial charge in [-0.15, -0.1) is 0 Å². The van der Waals surface area contributed by atoms with E-state index in [9.17, 15) is 9.59 Å². The molecular weight excluding hydrogens is 324 g/mol. The average molecular weight is 341 g/mol. The molecule has 2 heterocycles. The number of carbonyl (C=O) groups excluding carboxylic acids is 2. The van der Waals surface area contributed by atoms with Gasteiger partial charge in [-0.25, -0.2) is 0 Å². The Morgan fingerprint density at radius 2 is 1.92 bits per heavy atom. The van der Waals surface area contributed by atoms with Crippen molar-refractivity contribution in [3.8, 4) is 0 Å². The summed E-state index contributed by atoms with van der Waals surface area (Å²) in [4.78, 5) is 27.0. The second kappa shape index (κ2) is 5.64. The fourth-order valence-electron chi connectivity index (χ4n) is 3.69. The van der Waals surface area contributed by atoms with Gasteiger partial charge in [-0.3, -0.25) is 9.59 Å². The first-order chi connectivity index (χ1) is 11.6. The monoisotopic (exact) mass is 340 g/mol. The molecule has 0 aliphatic carbocycles. The minimum atomic E-state index is -0.591. The first-order valence-corrected chi connectivity index (χ1v) is 8.39. The van der Waals surface area contributed by atoms with Crippen LogP contribution in [0.2, 0.25) is 5.02 Å². The van der Waals surface area contributed by atoms with Gasteiger partial charge in [0.1, 0.15) is 0 Å². The minimum Gasteiger partial charge on any atom is -0.341 e. The summed E-state index contributed by atoms with van der Waals surface area (Å²) >= 11 is 5.88. The highest BCUT2D eigenvalue weighted by atomic mass is 35.5. The van der Waals surface area contributed by atoms with Crippen molar-refractivity contribution in [2.45, 2.75) is 18.3 Å². The fourth-order valence-corrected chi connectivity index (χ4v) is 3.82. The number of para-hydroxylation sites is 1. The number of nitrogens with one attached hydrogen (secondary N) is 1. The van der Waals surface area contributed by atoms with Crippen molar-refractivity contribution in [1.82, 2.24) is 4.90 Å². The quantitative estimate of drug-likeness (QED) is 0.913. The van der Waals surface area contributed by atoms with Gasteiger partial charge in [0, 0.05) is 23.8 Å². The van der Waals surface area contributed by atoms with Crippen LogP contribution in [-0.4, -0.2) is 29.8 Å². The molecule has 1 unspecified atom stereocenters. The summed E-state index contributed by atoms with van der Waals surface area (Å²) in [7, 11) is 0. The van der Waals surface area contributed by atoms with E-state index in [0.29, 0.717) is 31.0 Å². The Hall–Kier alpha value is -2.33. The lowest BCUT2D eigenvalue weighted by atomic mass is 9.81. The third kappa shape index (κ3) is 2.38. The number of carbonyl (C=O) groups is 2. The lowest BCUT2D eigenvalue weighted by Gasteiger charge is -2.22. The van der Waals surface area contributed by atoms with E-state index in [1.54, 1.807) is 17.0 Å². The topological polar surface area (TPSA) is 49.4 Å². The maximum absolute atomic E-state index is 12.6. The predicted molar refractivity (Wildman–Crippen MR) is 93.1 cm³/mol. The molecule has 2 aliphatic heterocycles. The van der Waals surface area contributed by atoms with Crippen LogP contribution in [0.1, 0.15) is 17.5 Å². The smallest absolute Gasteiger partial charge is 0.236 e. The third-order valence-corrected chi connectivity index (χ3v) is 5.27. The van der Waals surface area contributed by atoms with Gasteiger partial charge in [-0.2, -0.15) is 0 Å². The molecule has 2 aromatic rings.